The topological polar surface area (TPSA) is 80.1 Å². The Labute approximate surface area is 179 Å². The Morgan fingerprint density at radius 2 is 1.68 bits per heavy atom. The van der Waals surface area contributed by atoms with Crippen LogP contribution in [0.1, 0.15) is 22.8 Å². The van der Waals surface area contributed by atoms with E-state index in [1.165, 1.54) is 6.07 Å². The first-order chi connectivity index (χ1) is 15.0. The first kappa shape index (κ1) is 20.7. The van der Waals surface area contributed by atoms with Crippen LogP contribution in [0.15, 0.2) is 63.8 Å². The minimum Gasteiger partial charge on any atom is -0.484 e. The van der Waals surface area contributed by atoms with Gasteiger partial charge >= 0.3 is 5.63 Å². The van der Waals surface area contributed by atoms with E-state index in [4.69, 9.17) is 9.15 Å². The molecule has 3 aromatic rings. The number of ether oxygens (including phenoxy) is 1. The number of amides is 2. The smallest absolute Gasteiger partial charge is 0.336 e. The zero-order chi connectivity index (χ0) is 21.8. The molecule has 7 nitrogen and oxygen atoms in total. The normalized spacial score (nSPS) is 14.0. The number of carbonyl (C=O) groups excluding carboxylic acids is 2. The summed E-state index contributed by atoms with van der Waals surface area (Å²) in [5.41, 5.74) is 1.61. The van der Waals surface area contributed by atoms with E-state index >= 15 is 0 Å². The monoisotopic (exact) mass is 420 g/mol. The molecule has 0 saturated carbocycles. The molecule has 1 aliphatic heterocycles. The number of rotatable bonds is 5. The fourth-order valence-electron chi connectivity index (χ4n) is 3.75. The van der Waals surface area contributed by atoms with Crippen molar-refractivity contribution in [3.05, 3.63) is 76.1 Å². The van der Waals surface area contributed by atoms with Crippen molar-refractivity contribution in [2.24, 2.45) is 0 Å². The number of fused-ring (bicyclic) bond motifs is 1. The van der Waals surface area contributed by atoms with Crippen LogP contribution in [0.3, 0.4) is 0 Å². The van der Waals surface area contributed by atoms with E-state index in [2.05, 4.69) is 0 Å². The molecule has 160 valence electrons. The highest BCUT2D eigenvalue weighted by Gasteiger charge is 2.25. The van der Waals surface area contributed by atoms with Gasteiger partial charge in [-0.1, -0.05) is 25.1 Å². The zero-order valence-electron chi connectivity index (χ0n) is 17.4. The SMILES string of the molecule is CCc1cc(=O)oc2cc(OCC(=O)N3CCN(C(=O)c4ccccc4)CC3)ccc12. The molecule has 1 saturated heterocycles. The van der Waals surface area contributed by atoms with Crippen molar-refractivity contribution in [3.63, 3.8) is 0 Å². The van der Waals surface area contributed by atoms with Gasteiger partial charge in [-0.25, -0.2) is 4.79 Å². The molecule has 1 aromatic heterocycles. The van der Waals surface area contributed by atoms with Crippen LogP contribution in [0.2, 0.25) is 0 Å². The minimum atomic E-state index is -0.402. The Hall–Kier alpha value is -3.61. The second-order valence-corrected chi connectivity index (χ2v) is 7.43. The molecule has 0 N–H and O–H groups in total. The van der Waals surface area contributed by atoms with Gasteiger partial charge in [-0.3, -0.25) is 9.59 Å². The Balaban J connectivity index is 1.33. The maximum absolute atomic E-state index is 12.6. The predicted molar refractivity (Wildman–Crippen MR) is 116 cm³/mol. The molecule has 31 heavy (non-hydrogen) atoms. The first-order valence-corrected chi connectivity index (χ1v) is 10.4. The van der Waals surface area contributed by atoms with Gasteiger partial charge in [-0.05, 0) is 36.2 Å². The Morgan fingerprint density at radius 3 is 2.39 bits per heavy atom. The van der Waals surface area contributed by atoms with Crippen molar-refractivity contribution in [1.82, 2.24) is 9.80 Å². The van der Waals surface area contributed by atoms with Crippen molar-refractivity contribution in [1.29, 1.82) is 0 Å². The molecular formula is C24H24N2O5. The van der Waals surface area contributed by atoms with E-state index < -0.39 is 5.63 Å². The fourth-order valence-corrected chi connectivity index (χ4v) is 3.75. The molecular weight excluding hydrogens is 396 g/mol. The van der Waals surface area contributed by atoms with Crippen LogP contribution in [0, 0.1) is 0 Å². The van der Waals surface area contributed by atoms with Crippen molar-refractivity contribution in [2.45, 2.75) is 13.3 Å². The third kappa shape index (κ3) is 4.60. The number of aryl methyl sites for hydroxylation is 1. The van der Waals surface area contributed by atoms with Crippen molar-refractivity contribution in [2.75, 3.05) is 32.8 Å². The highest BCUT2D eigenvalue weighted by atomic mass is 16.5. The lowest BCUT2D eigenvalue weighted by Gasteiger charge is -2.34. The molecule has 2 heterocycles. The second kappa shape index (κ2) is 9.04. The summed E-state index contributed by atoms with van der Waals surface area (Å²) in [6, 6.07) is 15.9. The standard InChI is InChI=1S/C24H24N2O5/c1-2-17-14-23(28)31-21-15-19(8-9-20(17)21)30-16-22(27)25-10-12-26(13-11-25)24(29)18-6-4-3-5-7-18/h3-9,14-15H,2,10-13,16H2,1H3. The van der Waals surface area contributed by atoms with Gasteiger partial charge in [0.1, 0.15) is 11.3 Å². The van der Waals surface area contributed by atoms with Crippen LogP contribution in [0.4, 0.5) is 0 Å². The average Bonchev–Trinajstić information content (AvgIpc) is 2.81. The highest BCUT2D eigenvalue weighted by Crippen LogP contribution is 2.23. The number of nitrogens with zero attached hydrogens (tertiary/aromatic N) is 2. The summed E-state index contributed by atoms with van der Waals surface area (Å²) in [7, 11) is 0. The predicted octanol–water partition coefficient (Wildman–Crippen LogP) is 2.72. The number of benzene rings is 2. The summed E-state index contributed by atoms with van der Waals surface area (Å²) in [4.78, 5) is 40.3. The van der Waals surface area contributed by atoms with Gasteiger partial charge in [0.15, 0.2) is 6.61 Å². The van der Waals surface area contributed by atoms with E-state index in [9.17, 15) is 14.4 Å². The van der Waals surface area contributed by atoms with E-state index in [0.29, 0.717) is 43.1 Å². The second-order valence-electron chi connectivity index (χ2n) is 7.43. The lowest BCUT2D eigenvalue weighted by molar-refractivity contribution is -0.134. The van der Waals surface area contributed by atoms with E-state index in [-0.39, 0.29) is 18.4 Å². The third-order valence-electron chi connectivity index (χ3n) is 5.49. The van der Waals surface area contributed by atoms with E-state index in [1.807, 2.05) is 31.2 Å². The number of hydrogen-bond donors (Lipinski definition) is 0. The molecule has 2 aromatic carbocycles. The van der Waals surface area contributed by atoms with E-state index in [1.54, 1.807) is 34.1 Å². The molecule has 0 atom stereocenters. The maximum Gasteiger partial charge on any atom is 0.336 e. The molecule has 1 aliphatic rings. The number of piperazine rings is 1. The Kier molecular flexibility index (Phi) is 6.02. The van der Waals surface area contributed by atoms with Gasteiger partial charge in [0.25, 0.3) is 11.8 Å². The summed E-state index contributed by atoms with van der Waals surface area (Å²) >= 11 is 0. The van der Waals surface area contributed by atoms with Crippen LogP contribution >= 0.6 is 0 Å². The Morgan fingerprint density at radius 1 is 0.968 bits per heavy atom. The van der Waals surface area contributed by atoms with Gasteiger partial charge in [-0.15, -0.1) is 0 Å². The highest BCUT2D eigenvalue weighted by molar-refractivity contribution is 5.94. The molecule has 7 heteroatoms. The van der Waals surface area contributed by atoms with Gasteiger partial charge < -0.3 is 19.0 Å². The minimum absolute atomic E-state index is 0.0203. The quantitative estimate of drug-likeness (QED) is 0.593. The van der Waals surface area contributed by atoms with Gasteiger partial charge in [-0.2, -0.15) is 0 Å². The van der Waals surface area contributed by atoms with E-state index in [0.717, 1.165) is 17.4 Å². The fraction of sp³-hybridized carbons (Fsp3) is 0.292. The average molecular weight is 420 g/mol. The van der Waals surface area contributed by atoms with Crippen LogP contribution in [-0.4, -0.2) is 54.4 Å². The molecule has 0 bridgehead atoms. The molecule has 0 aliphatic carbocycles. The number of carbonyl (C=O) groups is 2. The van der Waals surface area contributed by atoms with Crippen molar-refractivity contribution in [3.8, 4) is 5.75 Å². The number of hydrogen-bond acceptors (Lipinski definition) is 5. The summed E-state index contributed by atoms with van der Waals surface area (Å²) in [6.45, 7) is 3.77. The molecule has 4 rings (SSSR count). The summed E-state index contributed by atoms with van der Waals surface area (Å²) in [5, 5.41) is 0.861. The summed E-state index contributed by atoms with van der Waals surface area (Å²) in [5.74, 6) is 0.305. The maximum atomic E-state index is 12.6. The largest absolute Gasteiger partial charge is 0.484 e. The molecule has 0 spiro atoms. The van der Waals surface area contributed by atoms with Crippen molar-refractivity contribution >= 4 is 22.8 Å². The van der Waals surface area contributed by atoms with Crippen LogP contribution in [0.25, 0.3) is 11.0 Å². The molecule has 0 radical (unpaired) electrons. The van der Waals surface area contributed by atoms with Crippen LogP contribution < -0.4 is 10.4 Å². The van der Waals surface area contributed by atoms with Crippen LogP contribution in [-0.2, 0) is 11.2 Å². The Bertz CT molecular complexity index is 1150. The summed E-state index contributed by atoms with van der Waals surface area (Å²) in [6.07, 6.45) is 0.722. The first-order valence-electron chi connectivity index (χ1n) is 10.4. The van der Waals surface area contributed by atoms with Crippen molar-refractivity contribution < 1.29 is 18.7 Å². The van der Waals surface area contributed by atoms with Gasteiger partial charge in [0.2, 0.25) is 0 Å². The molecule has 1 fully saturated rings. The third-order valence-corrected chi connectivity index (χ3v) is 5.49. The molecule has 0 unspecified atom stereocenters. The van der Waals surface area contributed by atoms with Crippen LogP contribution in [0.5, 0.6) is 5.75 Å². The lowest BCUT2D eigenvalue weighted by atomic mass is 10.1. The zero-order valence-corrected chi connectivity index (χ0v) is 17.4. The summed E-state index contributed by atoms with van der Waals surface area (Å²) < 4.78 is 10.9. The van der Waals surface area contributed by atoms with Gasteiger partial charge in [0, 0.05) is 49.3 Å². The molecule has 2 amide bonds. The lowest BCUT2D eigenvalue weighted by Crippen LogP contribution is -2.51. The van der Waals surface area contributed by atoms with Gasteiger partial charge in [0.05, 0.1) is 0 Å².